The molecular formula is C23H23F4N3O5S2. The van der Waals surface area contributed by atoms with E-state index in [2.05, 4.69) is 10.6 Å². The Bertz CT molecular complexity index is 1400. The second kappa shape index (κ2) is 10.4. The van der Waals surface area contributed by atoms with E-state index in [4.69, 9.17) is 0 Å². The summed E-state index contributed by atoms with van der Waals surface area (Å²) in [6.07, 6.45) is -3.99. The minimum atomic E-state index is -4.93. The molecule has 200 valence electrons. The van der Waals surface area contributed by atoms with Crippen molar-refractivity contribution in [2.75, 3.05) is 12.0 Å². The largest absolute Gasteiger partial charge is 0.407 e. The summed E-state index contributed by atoms with van der Waals surface area (Å²) in [6, 6.07) is 5.49. The maximum absolute atomic E-state index is 13.9. The van der Waals surface area contributed by atoms with Crippen molar-refractivity contribution in [2.45, 2.75) is 52.9 Å². The van der Waals surface area contributed by atoms with Crippen LogP contribution in [-0.4, -0.2) is 52.5 Å². The minimum absolute atomic E-state index is 0.121. The van der Waals surface area contributed by atoms with Crippen molar-refractivity contribution in [1.82, 2.24) is 10.6 Å². The molecular weight excluding hydrogens is 538 g/mol. The molecule has 0 aromatic heterocycles. The SMILES string of the molecule is CS(=O)(=O)c1ccc(S(=O)(=O)CCC(N[C@@H](c2ccc(F)cc2)C(F)(F)F)C(=O)NC2(C#N)CC2)cc1. The molecule has 37 heavy (non-hydrogen) atoms. The number of nitriles is 1. The van der Waals surface area contributed by atoms with Gasteiger partial charge in [-0.2, -0.15) is 18.4 Å². The summed E-state index contributed by atoms with van der Waals surface area (Å²) in [4.78, 5) is 12.5. The van der Waals surface area contributed by atoms with E-state index in [1.165, 1.54) is 0 Å². The number of amides is 1. The highest BCUT2D eigenvalue weighted by Gasteiger charge is 2.47. The summed E-state index contributed by atoms with van der Waals surface area (Å²) in [7, 11) is -7.72. The Morgan fingerprint density at radius 1 is 1.03 bits per heavy atom. The first kappa shape index (κ1) is 28.5. The van der Waals surface area contributed by atoms with Crippen LogP contribution in [0, 0.1) is 17.1 Å². The topological polar surface area (TPSA) is 133 Å². The normalized spacial score (nSPS) is 16.9. The van der Waals surface area contributed by atoms with Gasteiger partial charge in [0.2, 0.25) is 5.91 Å². The van der Waals surface area contributed by atoms with Crippen molar-refractivity contribution in [3.8, 4) is 6.07 Å². The Balaban J connectivity index is 1.87. The molecule has 0 heterocycles. The number of alkyl halides is 3. The summed E-state index contributed by atoms with van der Waals surface area (Å²) in [5.74, 6) is -2.51. The lowest BCUT2D eigenvalue weighted by Crippen LogP contribution is -2.52. The van der Waals surface area contributed by atoms with Crippen LogP contribution < -0.4 is 10.6 Å². The zero-order valence-corrected chi connectivity index (χ0v) is 21.1. The van der Waals surface area contributed by atoms with Crippen LogP contribution in [0.3, 0.4) is 0 Å². The van der Waals surface area contributed by atoms with Gasteiger partial charge in [0.1, 0.15) is 17.4 Å². The van der Waals surface area contributed by atoms with Crippen LogP contribution >= 0.6 is 0 Å². The van der Waals surface area contributed by atoms with Crippen LogP contribution in [0.5, 0.6) is 0 Å². The van der Waals surface area contributed by atoms with E-state index in [9.17, 15) is 44.5 Å². The third-order valence-electron chi connectivity index (χ3n) is 5.83. The van der Waals surface area contributed by atoms with Crippen LogP contribution in [-0.2, 0) is 24.5 Å². The van der Waals surface area contributed by atoms with Crippen molar-refractivity contribution in [2.24, 2.45) is 0 Å². The zero-order chi connectivity index (χ0) is 27.6. The van der Waals surface area contributed by atoms with Crippen LogP contribution in [0.15, 0.2) is 58.3 Å². The average molecular weight is 562 g/mol. The first-order valence-corrected chi connectivity index (χ1v) is 14.5. The maximum Gasteiger partial charge on any atom is 0.407 e. The molecule has 0 spiro atoms. The Labute approximate surface area is 211 Å². The fraction of sp³-hybridized carbons (Fsp3) is 0.391. The number of halogens is 4. The summed E-state index contributed by atoms with van der Waals surface area (Å²) in [5, 5.41) is 13.8. The van der Waals surface area contributed by atoms with Gasteiger partial charge in [-0.05, 0) is 61.2 Å². The lowest BCUT2D eigenvalue weighted by atomic mass is 10.0. The first-order valence-electron chi connectivity index (χ1n) is 10.9. The molecule has 2 aromatic carbocycles. The molecule has 1 fully saturated rings. The van der Waals surface area contributed by atoms with Gasteiger partial charge in [0.25, 0.3) is 0 Å². The number of hydrogen-bond acceptors (Lipinski definition) is 7. The monoisotopic (exact) mass is 561 g/mol. The Morgan fingerprint density at radius 3 is 2.03 bits per heavy atom. The van der Waals surface area contributed by atoms with Gasteiger partial charge in [0.15, 0.2) is 19.7 Å². The lowest BCUT2D eigenvalue weighted by molar-refractivity contribution is -0.161. The molecule has 1 aliphatic carbocycles. The number of benzene rings is 2. The molecule has 2 N–H and O–H groups in total. The molecule has 2 aromatic rings. The van der Waals surface area contributed by atoms with Crippen molar-refractivity contribution >= 4 is 25.6 Å². The van der Waals surface area contributed by atoms with Gasteiger partial charge in [0.05, 0.1) is 27.7 Å². The van der Waals surface area contributed by atoms with E-state index >= 15 is 0 Å². The van der Waals surface area contributed by atoms with E-state index < -0.39 is 72.9 Å². The van der Waals surface area contributed by atoms with Crippen LogP contribution in [0.2, 0.25) is 0 Å². The second-order valence-corrected chi connectivity index (χ2v) is 12.9. The summed E-state index contributed by atoms with van der Waals surface area (Å²) >= 11 is 0. The summed E-state index contributed by atoms with van der Waals surface area (Å²) in [5.41, 5.74) is -1.62. The Morgan fingerprint density at radius 2 is 1.57 bits per heavy atom. The van der Waals surface area contributed by atoms with E-state index in [1.807, 2.05) is 6.07 Å². The lowest BCUT2D eigenvalue weighted by Gasteiger charge is -2.28. The van der Waals surface area contributed by atoms with Crippen LogP contribution in [0.25, 0.3) is 0 Å². The van der Waals surface area contributed by atoms with E-state index in [1.54, 1.807) is 0 Å². The first-order chi connectivity index (χ1) is 17.1. The quantitative estimate of drug-likeness (QED) is 0.426. The number of hydrogen-bond donors (Lipinski definition) is 2. The van der Waals surface area contributed by atoms with E-state index in [-0.39, 0.29) is 9.79 Å². The van der Waals surface area contributed by atoms with Gasteiger partial charge in [-0.1, -0.05) is 12.1 Å². The highest BCUT2D eigenvalue weighted by atomic mass is 32.2. The smallest absolute Gasteiger partial charge is 0.336 e. The fourth-order valence-electron chi connectivity index (χ4n) is 3.52. The van der Waals surface area contributed by atoms with Gasteiger partial charge < -0.3 is 5.32 Å². The molecule has 2 atom stereocenters. The molecule has 1 aliphatic rings. The Kier molecular flexibility index (Phi) is 8.02. The fourth-order valence-corrected chi connectivity index (χ4v) is 5.49. The number of carbonyl (C=O) groups is 1. The standard InChI is InChI=1S/C23H23F4N3O5S2/c1-36(32,33)17-6-8-18(9-7-17)37(34,35)13-10-19(21(31)30-22(14-28)11-12-22)29-20(23(25,26)27)15-2-4-16(24)5-3-15/h2-9,19-20,29H,10-13H2,1H3,(H,30,31)/t19?,20-/m0/s1. The molecule has 1 amide bonds. The molecule has 0 bridgehead atoms. The number of nitrogens with zero attached hydrogens (tertiary/aromatic N) is 1. The molecule has 0 saturated heterocycles. The molecule has 0 radical (unpaired) electrons. The molecule has 8 nitrogen and oxygen atoms in total. The number of carbonyl (C=O) groups excluding carboxylic acids is 1. The third-order valence-corrected chi connectivity index (χ3v) is 8.72. The summed E-state index contributed by atoms with van der Waals surface area (Å²) in [6.45, 7) is 0. The van der Waals surface area contributed by atoms with Crippen LogP contribution in [0.1, 0.15) is 30.9 Å². The molecule has 14 heteroatoms. The van der Waals surface area contributed by atoms with E-state index in [0.717, 1.165) is 54.8 Å². The highest BCUT2D eigenvalue weighted by Crippen LogP contribution is 2.36. The van der Waals surface area contributed by atoms with Gasteiger partial charge >= 0.3 is 6.18 Å². The van der Waals surface area contributed by atoms with E-state index in [0.29, 0.717) is 12.8 Å². The van der Waals surface area contributed by atoms with Crippen molar-refractivity contribution < 1.29 is 39.2 Å². The third kappa shape index (κ3) is 7.27. The number of nitrogens with one attached hydrogen (secondary N) is 2. The molecule has 3 rings (SSSR count). The summed E-state index contributed by atoms with van der Waals surface area (Å²) < 4.78 is 104. The molecule has 1 saturated carbocycles. The maximum atomic E-state index is 13.9. The average Bonchev–Trinajstić information content (AvgIpc) is 3.58. The van der Waals surface area contributed by atoms with Gasteiger partial charge in [0, 0.05) is 6.26 Å². The predicted molar refractivity (Wildman–Crippen MR) is 124 cm³/mol. The number of rotatable bonds is 10. The number of sulfone groups is 2. The zero-order valence-electron chi connectivity index (χ0n) is 19.4. The predicted octanol–water partition coefficient (Wildman–Crippen LogP) is 2.83. The van der Waals surface area contributed by atoms with Gasteiger partial charge in [-0.15, -0.1) is 0 Å². The van der Waals surface area contributed by atoms with Crippen molar-refractivity contribution in [3.63, 3.8) is 0 Å². The van der Waals surface area contributed by atoms with Crippen molar-refractivity contribution in [3.05, 3.63) is 59.9 Å². The second-order valence-electron chi connectivity index (χ2n) is 8.78. The highest BCUT2D eigenvalue weighted by molar-refractivity contribution is 7.91. The van der Waals surface area contributed by atoms with Crippen molar-refractivity contribution in [1.29, 1.82) is 5.26 Å². The Hall–Kier alpha value is -3.02. The van der Waals surface area contributed by atoms with Crippen LogP contribution in [0.4, 0.5) is 17.6 Å². The minimum Gasteiger partial charge on any atom is -0.336 e. The van der Waals surface area contributed by atoms with Gasteiger partial charge in [-0.25, -0.2) is 21.2 Å². The molecule has 0 aliphatic heterocycles. The molecule has 1 unspecified atom stereocenters. The van der Waals surface area contributed by atoms with Gasteiger partial charge in [-0.3, -0.25) is 10.1 Å².